The van der Waals surface area contributed by atoms with Crippen molar-refractivity contribution >= 4 is 17.4 Å². The number of carbonyl (C=O) groups is 2. The molecule has 118 valence electrons. The molecule has 23 heavy (non-hydrogen) atoms. The lowest BCUT2D eigenvalue weighted by atomic mass is 10.1. The Labute approximate surface area is 135 Å². The summed E-state index contributed by atoms with van der Waals surface area (Å²) in [6.07, 6.45) is 4.83. The van der Waals surface area contributed by atoms with Crippen molar-refractivity contribution in [2.45, 2.75) is 13.8 Å². The molecule has 0 spiro atoms. The number of nitrogens with one attached hydrogen (secondary N) is 1. The van der Waals surface area contributed by atoms with Gasteiger partial charge in [0.2, 0.25) is 0 Å². The lowest BCUT2D eigenvalue weighted by Crippen LogP contribution is -2.15. The average Bonchev–Trinajstić information content (AvgIpc) is 2.56. The van der Waals surface area contributed by atoms with Gasteiger partial charge < -0.3 is 10.1 Å². The van der Waals surface area contributed by atoms with Gasteiger partial charge in [0.25, 0.3) is 0 Å². The van der Waals surface area contributed by atoms with Gasteiger partial charge in [-0.15, -0.1) is 0 Å². The Balaban J connectivity index is 2.21. The molecule has 1 aromatic carbocycles. The van der Waals surface area contributed by atoms with Gasteiger partial charge in [-0.1, -0.05) is 12.1 Å². The van der Waals surface area contributed by atoms with Crippen LogP contribution in [0, 0.1) is 0 Å². The van der Waals surface area contributed by atoms with E-state index in [2.05, 4.69) is 10.3 Å². The number of hydrogen-bond donors (Lipinski definition) is 1. The fourth-order valence-corrected chi connectivity index (χ4v) is 2.00. The van der Waals surface area contributed by atoms with Crippen LogP contribution >= 0.6 is 0 Å². The maximum absolute atomic E-state index is 11.7. The lowest BCUT2D eigenvalue weighted by molar-refractivity contribution is -0.139. The Hall–Kier alpha value is -2.95. The minimum absolute atomic E-state index is 0.0128. The molecule has 0 atom stereocenters. The monoisotopic (exact) mass is 310 g/mol. The first-order valence-electron chi connectivity index (χ1n) is 7.27. The number of ether oxygens (including phenoxy) is 1. The predicted molar refractivity (Wildman–Crippen MR) is 88.7 cm³/mol. The maximum Gasteiger partial charge on any atom is 0.343 e. The van der Waals surface area contributed by atoms with Gasteiger partial charge in [0, 0.05) is 24.3 Å². The smallest absolute Gasteiger partial charge is 0.343 e. The Morgan fingerprint density at radius 2 is 1.91 bits per heavy atom. The molecule has 2 aromatic rings. The molecule has 0 radical (unpaired) electrons. The van der Waals surface area contributed by atoms with E-state index in [1.54, 1.807) is 19.3 Å². The average molecular weight is 310 g/mol. The number of Topliss-reactive ketones (excluding diaryl/α,β-unsaturated/α-hetero) is 1. The van der Waals surface area contributed by atoms with Crippen molar-refractivity contribution in [1.82, 2.24) is 4.98 Å². The molecule has 0 amide bonds. The van der Waals surface area contributed by atoms with Crippen molar-refractivity contribution in [1.29, 1.82) is 0 Å². The van der Waals surface area contributed by atoms with Crippen LogP contribution in [-0.2, 0) is 14.3 Å². The molecule has 0 bridgehead atoms. The molecule has 2 rings (SSSR count). The number of benzene rings is 1. The summed E-state index contributed by atoms with van der Waals surface area (Å²) in [7, 11) is 0. The van der Waals surface area contributed by atoms with Crippen LogP contribution in [0.1, 0.15) is 13.8 Å². The van der Waals surface area contributed by atoms with E-state index in [0.29, 0.717) is 0 Å². The standard InChI is InChI=1S/C18H18N2O3/c1-3-23-18(22)17(13(2)21)12-20-16-6-4-5-15(11-16)14-7-9-19-10-8-14/h4-12,20H,3H2,1-2H3/b17-12-. The third-order valence-electron chi connectivity index (χ3n) is 3.13. The first-order chi connectivity index (χ1) is 11.1. The van der Waals surface area contributed by atoms with E-state index < -0.39 is 5.97 Å². The topological polar surface area (TPSA) is 68.3 Å². The highest BCUT2D eigenvalue weighted by Gasteiger charge is 2.15. The number of ketones is 1. The number of esters is 1. The third-order valence-corrected chi connectivity index (χ3v) is 3.13. The van der Waals surface area contributed by atoms with E-state index in [9.17, 15) is 9.59 Å². The number of rotatable bonds is 6. The number of anilines is 1. The Morgan fingerprint density at radius 1 is 1.17 bits per heavy atom. The number of carbonyl (C=O) groups excluding carboxylic acids is 2. The third kappa shape index (κ3) is 4.51. The van der Waals surface area contributed by atoms with E-state index in [-0.39, 0.29) is 18.0 Å². The molecule has 1 aromatic heterocycles. The summed E-state index contributed by atoms with van der Waals surface area (Å²) < 4.78 is 4.87. The van der Waals surface area contributed by atoms with Gasteiger partial charge in [0.05, 0.1) is 6.61 Å². The van der Waals surface area contributed by atoms with Crippen molar-refractivity contribution in [3.63, 3.8) is 0 Å². The van der Waals surface area contributed by atoms with Crippen molar-refractivity contribution in [2.75, 3.05) is 11.9 Å². The summed E-state index contributed by atoms with van der Waals surface area (Å²) in [4.78, 5) is 27.3. The van der Waals surface area contributed by atoms with E-state index in [4.69, 9.17) is 4.74 Å². The van der Waals surface area contributed by atoms with Crippen LogP contribution in [-0.4, -0.2) is 23.3 Å². The lowest BCUT2D eigenvalue weighted by Gasteiger charge is -2.07. The summed E-state index contributed by atoms with van der Waals surface area (Å²) in [6.45, 7) is 3.25. The van der Waals surface area contributed by atoms with E-state index in [1.165, 1.54) is 13.1 Å². The molecular formula is C18H18N2O3. The van der Waals surface area contributed by atoms with Crippen LogP contribution in [0.2, 0.25) is 0 Å². The van der Waals surface area contributed by atoms with Crippen molar-refractivity contribution in [3.8, 4) is 11.1 Å². The van der Waals surface area contributed by atoms with Crippen LogP contribution in [0.15, 0.2) is 60.6 Å². The van der Waals surface area contributed by atoms with Crippen molar-refractivity contribution in [3.05, 3.63) is 60.6 Å². The molecular weight excluding hydrogens is 292 g/mol. The molecule has 0 fully saturated rings. The van der Waals surface area contributed by atoms with E-state index in [0.717, 1.165) is 16.8 Å². The van der Waals surface area contributed by atoms with Gasteiger partial charge in [-0.3, -0.25) is 9.78 Å². The highest BCUT2D eigenvalue weighted by molar-refractivity contribution is 6.16. The zero-order chi connectivity index (χ0) is 16.7. The minimum atomic E-state index is -0.627. The predicted octanol–water partition coefficient (Wildman–Crippen LogP) is 3.20. The number of aromatic nitrogens is 1. The Morgan fingerprint density at radius 3 is 2.57 bits per heavy atom. The van der Waals surface area contributed by atoms with Gasteiger partial charge in [-0.2, -0.15) is 0 Å². The summed E-state index contributed by atoms with van der Waals surface area (Å²) in [5.41, 5.74) is 2.79. The minimum Gasteiger partial charge on any atom is -0.462 e. The molecule has 5 heteroatoms. The second-order valence-electron chi connectivity index (χ2n) is 4.80. The second kappa shape index (κ2) is 7.89. The number of pyridine rings is 1. The summed E-state index contributed by atoms with van der Waals surface area (Å²) in [5, 5.41) is 2.98. The summed E-state index contributed by atoms with van der Waals surface area (Å²) in [5.74, 6) is -0.973. The van der Waals surface area contributed by atoms with Gasteiger partial charge in [-0.05, 0) is 49.2 Å². The van der Waals surface area contributed by atoms with Crippen LogP contribution < -0.4 is 5.32 Å². The molecule has 0 unspecified atom stereocenters. The van der Waals surface area contributed by atoms with Gasteiger partial charge in [0.1, 0.15) is 5.57 Å². The van der Waals surface area contributed by atoms with Crippen molar-refractivity contribution < 1.29 is 14.3 Å². The molecule has 1 heterocycles. The highest BCUT2D eigenvalue weighted by Crippen LogP contribution is 2.22. The van der Waals surface area contributed by atoms with Crippen LogP contribution in [0.25, 0.3) is 11.1 Å². The van der Waals surface area contributed by atoms with E-state index >= 15 is 0 Å². The number of hydrogen-bond acceptors (Lipinski definition) is 5. The molecule has 0 saturated heterocycles. The summed E-state index contributed by atoms with van der Waals surface area (Å²) >= 11 is 0. The normalized spacial score (nSPS) is 11.0. The molecule has 5 nitrogen and oxygen atoms in total. The Kier molecular flexibility index (Phi) is 5.63. The van der Waals surface area contributed by atoms with Crippen LogP contribution in [0.3, 0.4) is 0 Å². The first-order valence-corrected chi connectivity index (χ1v) is 7.27. The SMILES string of the molecule is CCOC(=O)/C(=C\Nc1cccc(-c2ccncc2)c1)C(C)=O. The maximum atomic E-state index is 11.7. The van der Waals surface area contributed by atoms with Crippen LogP contribution in [0.5, 0.6) is 0 Å². The number of nitrogens with zero attached hydrogens (tertiary/aromatic N) is 1. The van der Waals surface area contributed by atoms with E-state index in [1.807, 2.05) is 36.4 Å². The Bertz CT molecular complexity index is 724. The zero-order valence-electron chi connectivity index (χ0n) is 13.1. The largest absolute Gasteiger partial charge is 0.462 e. The van der Waals surface area contributed by atoms with Gasteiger partial charge in [-0.25, -0.2) is 4.79 Å². The fraction of sp³-hybridized carbons (Fsp3) is 0.167. The molecule has 0 saturated carbocycles. The fourth-order valence-electron chi connectivity index (χ4n) is 2.00. The quantitative estimate of drug-likeness (QED) is 0.384. The first kappa shape index (κ1) is 16.4. The second-order valence-corrected chi connectivity index (χ2v) is 4.80. The van der Waals surface area contributed by atoms with Gasteiger partial charge in [0.15, 0.2) is 5.78 Å². The molecule has 1 N–H and O–H groups in total. The molecule has 0 aliphatic carbocycles. The molecule has 0 aliphatic heterocycles. The molecule has 0 aliphatic rings. The highest BCUT2D eigenvalue weighted by atomic mass is 16.5. The zero-order valence-corrected chi connectivity index (χ0v) is 13.1. The summed E-state index contributed by atoms with van der Waals surface area (Å²) in [6, 6.07) is 11.5. The van der Waals surface area contributed by atoms with Crippen molar-refractivity contribution in [2.24, 2.45) is 0 Å². The van der Waals surface area contributed by atoms with Crippen LogP contribution in [0.4, 0.5) is 5.69 Å². The van der Waals surface area contributed by atoms with Gasteiger partial charge >= 0.3 is 5.97 Å².